The lowest BCUT2D eigenvalue weighted by Crippen LogP contribution is -2.31. The first-order valence-corrected chi connectivity index (χ1v) is 6.24. The number of carboxylic acids is 1. The van der Waals surface area contributed by atoms with Crippen molar-refractivity contribution in [2.75, 3.05) is 4.90 Å². The Kier molecular flexibility index (Phi) is 2.95. The van der Waals surface area contributed by atoms with E-state index in [0.29, 0.717) is 0 Å². The van der Waals surface area contributed by atoms with E-state index in [2.05, 4.69) is 4.98 Å². The monoisotopic (exact) mass is 302 g/mol. The minimum absolute atomic E-state index is 0.0466. The van der Waals surface area contributed by atoms with Gasteiger partial charge in [-0.3, -0.25) is 14.6 Å². The molecule has 21 heavy (non-hydrogen) atoms. The van der Waals surface area contributed by atoms with Crippen LogP contribution in [0.15, 0.2) is 36.7 Å². The molecule has 0 atom stereocenters. The molecule has 7 heteroatoms. The number of aromatic nitrogens is 1. The molecule has 0 aliphatic carbocycles. The molecule has 0 fully saturated rings. The summed E-state index contributed by atoms with van der Waals surface area (Å²) in [5.74, 6) is -2.53. The van der Waals surface area contributed by atoms with Crippen LogP contribution in [0.25, 0.3) is 0 Å². The Bertz CT molecular complexity index is 768. The minimum Gasteiger partial charge on any atom is -0.478 e. The van der Waals surface area contributed by atoms with Gasteiger partial charge in [-0.25, -0.2) is 9.69 Å². The number of amides is 2. The number of benzene rings is 1. The van der Waals surface area contributed by atoms with E-state index in [1.54, 1.807) is 0 Å². The Balaban J connectivity index is 2.21. The Hall–Kier alpha value is -2.73. The fourth-order valence-corrected chi connectivity index (χ4v) is 2.46. The molecule has 0 bridgehead atoms. The molecule has 0 unspecified atom stereocenters. The largest absolute Gasteiger partial charge is 0.478 e. The maximum atomic E-state index is 12.3. The van der Waals surface area contributed by atoms with Crippen molar-refractivity contribution >= 4 is 35.1 Å². The van der Waals surface area contributed by atoms with Gasteiger partial charge in [0.05, 0.1) is 21.8 Å². The van der Waals surface area contributed by atoms with E-state index in [1.165, 1.54) is 36.7 Å². The molecule has 0 spiro atoms. The third-order valence-corrected chi connectivity index (χ3v) is 3.45. The standard InChI is InChI=1S/C14H7ClN2O4/c15-9-2-1-3-10(11(9)14(20)21)17-12(18)7-4-5-16-6-8(7)13(17)19/h1-6H,(H,20,21). The first-order chi connectivity index (χ1) is 10.0. The lowest BCUT2D eigenvalue weighted by Gasteiger charge is -2.17. The summed E-state index contributed by atoms with van der Waals surface area (Å²) >= 11 is 5.87. The van der Waals surface area contributed by atoms with Crippen molar-refractivity contribution < 1.29 is 19.5 Å². The van der Waals surface area contributed by atoms with Crippen LogP contribution in [-0.2, 0) is 0 Å². The molecular weight excluding hydrogens is 296 g/mol. The molecule has 1 aliphatic rings. The molecule has 1 N–H and O–H groups in total. The number of aromatic carboxylic acids is 1. The van der Waals surface area contributed by atoms with Gasteiger partial charge in [0.1, 0.15) is 5.56 Å². The number of hydrogen-bond acceptors (Lipinski definition) is 4. The van der Waals surface area contributed by atoms with Gasteiger partial charge in [-0.1, -0.05) is 17.7 Å². The number of hydrogen-bond donors (Lipinski definition) is 1. The average molecular weight is 303 g/mol. The fourth-order valence-electron chi connectivity index (χ4n) is 2.21. The Morgan fingerprint density at radius 2 is 1.86 bits per heavy atom. The molecule has 1 aliphatic heterocycles. The number of carboxylic acid groups (broad SMARTS) is 1. The van der Waals surface area contributed by atoms with Crippen LogP contribution in [0.5, 0.6) is 0 Å². The van der Waals surface area contributed by atoms with Gasteiger partial charge in [0.2, 0.25) is 0 Å². The fraction of sp³-hybridized carbons (Fsp3) is 0. The quantitative estimate of drug-likeness (QED) is 0.860. The molecule has 1 aromatic carbocycles. The van der Waals surface area contributed by atoms with E-state index >= 15 is 0 Å². The molecule has 6 nitrogen and oxygen atoms in total. The average Bonchev–Trinajstić information content (AvgIpc) is 2.71. The van der Waals surface area contributed by atoms with E-state index in [9.17, 15) is 19.5 Å². The predicted octanol–water partition coefficient (Wildman–Crippen LogP) is 2.23. The molecule has 3 rings (SSSR count). The van der Waals surface area contributed by atoms with Crippen LogP contribution in [-0.4, -0.2) is 27.9 Å². The van der Waals surface area contributed by atoms with Gasteiger partial charge in [-0.2, -0.15) is 0 Å². The number of fused-ring (bicyclic) bond motifs is 1. The van der Waals surface area contributed by atoms with Crippen molar-refractivity contribution in [3.05, 3.63) is 58.4 Å². The Labute approximate surface area is 123 Å². The smallest absolute Gasteiger partial charge is 0.339 e. The third-order valence-electron chi connectivity index (χ3n) is 3.13. The summed E-state index contributed by atoms with van der Waals surface area (Å²) in [6, 6.07) is 5.64. The van der Waals surface area contributed by atoms with Gasteiger partial charge in [-0.15, -0.1) is 0 Å². The summed E-state index contributed by atoms with van der Waals surface area (Å²) in [4.78, 5) is 40.6. The highest BCUT2D eigenvalue weighted by atomic mass is 35.5. The van der Waals surface area contributed by atoms with Crippen LogP contribution >= 0.6 is 11.6 Å². The van der Waals surface area contributed by atoms with E-state index in [4.69, 9.17) is 11.6 Å². The summed E-state index contributed by atoms with van der Waals surface area (Å²) in [5, 5.41) is 9.20. The maximum absolute atomic E-state index is 12.3. The number of carbonyl (C=O) groups is 3. The van der Waals surface area contributed by atoms with Gasteiger partial charge in [-0.05, 0) is 18.2 Å². The Morgan fingerprint density at radius 3 is 2.52 bits per heavy atom. The van der Waals surface area contributed by atoms with Crippen molar-refractivity contribution in [2.45, 2.75) is 0 Å². The molecule has 104 valence electrons. The second-order valence-electron chi connectivity index (χ2n) is 4.31. The molecule has 2 aromatic rings. The third kappa shape index (κ3) is 1.88. The summed E-state index contributed by atoms with van der Waals surface area (Å²) in [5.41, 5.74) is -0.0204. The lowest BCUT2D eigenvalue weighted by atomic mass is 10.1. The van der Waals surface area contributed by atoms with Crippen LogP contribution in [0.3, 0.4) is 0 Å². The van der Waals surface area contributed by atoms with Crippen molar-refractivity contribution in [1.29, 1.82) is 0 Å². The van der Waals surface area contributed by atoms with Crippen LogP contribution in [0, 0.1) is 0 Å². The van der Waals surface area contributed by atoms with E-state index < -0.39 is 17.8 Å². The van der Waals surface area contributed by atoms with Crippen LogP contribution in [0.4, 0.5) is 5.69 Å². The second-order valence-corrected chi connectivity index (χ2v) is 4.71. The second kappa shape index (κ2) is 4.68. The summed E-state index contributed by atoms with van der Waals surface area (Å²) < 4.78 is 0. The van der Waals surface area contributed by atoms with Crippen LogP contribution in [0.2, 0.25) is 5.02 Å². The number of imide groups is 1. The first-order valence-electron chi connectivity index (χ1n) is 5.87. The first kappa shape index (κ1) is 13.3. The zero-order valence-electron chi connectivity index (χ0n) is 10.4. The number of rotatable bonds is 2. The van der Waals surface area contributed by atoms with Gasteiger partial charge >= 0.3 is 5.97 Å². The molecule has 0 saturated heterocycles. The van der Waals surface area contributed by atoms with Crippen molar-refractivity contribution in [3.63, 3.8) is 0 Å². The van der Waals surface area contributed by atoms with Gasteiger partial charge in [0, 0.05) is 12.4 Å². The number of anilines is 1. The highest BCUT2D eigenvalue weighted by molar-refractivity contribution is 6.38. The van der Waals surface area contributed by atoms with E-state index in [0.717, 1.165) is 4.90 Å². The van der Waals surface area contributed by atoms with Gasteiger partial charge in [0.15, 0.2) is 0 Å². The zero-order valence-corrected chi connectivity index (χ0v) is 11.2. The molecule has 0 radical (unpaired) electrons. The van der Waals surface area contributed by atoms with E-state index in [-0.39, 0.29) is 27.4 Å². The molecule has 0 saturated carbocycles. The number of carbonyl (C=O) groups excluding carboxylic acids is 2. The van der Waals surface area contributed by atoms with Gasteiger partial charge < -0.3 is 5.11 Å². The molecule has 2 amide bonds. The molecular formula is C14H7ClN2O4. The summed E-state index contributed by atoms with van der Waals surface area (Å²) in [7, 11) is 0. The normalized spacial score (nSPS) is 13.5. The number of nitrogens with zero attached hydrogens (tertiary/aromatic N) is 2. The number of halogens is 1. The van der Waals surface area contributed by atoms with Gasteiger partial charge in [0.25, 0.3) is 11.8 Å². The molecule has 2 heterocycles. The molecule has 1 aromatic heterocycles. The predicted molar refractivity (Wildman–Crippen MR) is 73.8 cm³/mol. The lowest BCUT2D eigenvalue weighted by molar-refractivity contribution is 0.0698. The minimum atomic E-state index is -1.31. The van der Waals surface area contributed by atoms with Crippen LogP contribution in [0.1, 0.15) is 31.1 Å². The SMILES string of the molecule is O=C(O)c1c(Cl)cccc1N1C(=O)c2ccncc2C1=O. The topological polar surface area (TPSA) is 87.6 Å². The summed E-state index contributed by atoms with van der Waals surface area (Å²) in [6.45, 7) is 0. The van der Waals surface area contributed by atoms with E-state index in [1.807, 2.05) is 0 Å². The van der Waals surface area contributed by atoms with Crippen LogP contribution < -0.4 is 4.90 Å². The maximum Gasteiger partial charge on any atom is 0.339 e. The summed E-state index contributed by atoms with van der Waals surface area (Å²) in [6.07, 6.45) is 2.67. The Morgan fingerprint density at radius 1 is 1.14 bits per heavy atom. The van der Waals surface area contributed by atoms with Crippen molar-refractivity contribution in [3.8, 4) is 0 Å². The highest BCUT2D eigenvalue weighted by Crippen LogP contribution is 2.33. The zero-order chi connectivity index (χ0) is 15.1. The highest BCUT2D eigenvalue weighted by Gasteiger charge is 2.38. The number of pyridine rings is 1. The van der Waals surface area contributed by atoms with Crippen molar-refractivity contribution in [1.82, 2.24) is 4.98 Å². The van der Waals surface area contributed by atoms with Crippen molar-refractivity contribution in [2.24, 2.45) is 0 Å².